The Kier molecular flexibility index (Phi) is 4.13. The van der Waals surface area contributed by atoms with Gasteiger partial charge in [0.2, 0.25) is 10.0 Å². The summed E-state index contributed by atoms with van der Waals surface area (Å²) in [6, 6.07) is 1.94. The average Bonchev–Trinajstić information content (AvgIpc) is 2.74. The number of nitrogens with zero attached hydrogens (tertiary/aromatic N) is 1. The van der Waals surface area contributed by atoms with Crippen molar-refractivity contribution in [1.29, 1.82) is 0 Å². The molecule has 0 spiro atoms. The fourth-order valence-corrected chi connectivity index (χ4v) is 3.68. The summed E-state index contributed by atoms with van der Waals surface area (Å²) in [6.45, 7) is 0. The molecule has 1 aromatic rings. The van der Waals surface area contributed by atoms with E-state index >= 15 is 0 Å². The van der Waals surface area contributed by atoms with Crippen LogP contribution in [0.5, 0.6) is 0 Å². The van der Waals surface area contributed by atoms with Gasteiger partial charge in [0.1, 0.15) is 5.82 Å². The van der Waals surface area contributed by atoms with Crippen LogP contribution in [0.3, 0.4) is 0 Å². The van der Waals surface area contributed by atoms with Crippen LogP contribution in [0.25, 0.3) is 0 Å². The maximum atomic E-state index is 13.7. The number of rotatable bonds is 3. The third-order valence-corrected chi connectivity index (χ3v) is 4.85. The highest BCUT2D eigenvalue weighted by molar-refractivity contribution is 7.92. The Bertz CT molecular complexity index is 867. The van der Waals surface area contributed by atoms with Gasteiger partial charge < -0.3 is 0 Å². The summed E-state index contributed by atoms with van der Waals surface area (Å²) in [5, 5.41) is -0.311. The minimum Gasteiger partial charge on any atom is -0.282 e. The number of amides is 2. The molecule has 6 nitrogen and oxygen atoms in total. The Hall–Kier alpha value is -1.93. The maximum Gasteiger partial charge on any atom is 0.261 e. The molecule has 1 heterocycles. The largest absolute Gasteiger partial charge is 0.282 e. The van der Waals surface area contributed by atoms with E-state index in [1.54, 1.807) is 0 Å². The van der Waals surface area contributed by atoms with Crippen LogP contribution in [0.2, 0.25) is 5.02 Å². The first kappa shape index (κ1) is 16.9. The number of carbonyl (C=O) groups is 2. The van der Waals surface area contributed by atoms with E-state index in [9.17, 15) is 22.4 Å². The van der Waals surface area contributed by atoms with Gasteiger partial charge in [-0.05, 0) is 31.7 Å². The van der Waals surface area contributed by atoms with E-state index in [0.29, 0.717) is 24.0 Å². The summed E-state index contributed by atoms with van der Waals surface area (Å²) in [4.78, 5) is 26.1. The summed E-state index contributed by atoms with van der Waals surface area (Å²) >= 11 is 5.77. The molecule has 2 aliphatic rings. The zero-order valence-electron chi connectivity index (χ0n) is 12.7. The van der Waals surface area contributed by atoms with Gasteiger partial charge in [-0.3, -0.25) is 14.3 Å². The maximum absolute atomic E-state index is 13.7. The fraction of sp³-hybridized carbons (Fsp3) is 0.333. The standard InChI is InChI=1S/C15H14ClFN2O4S/c1-24(22,23)18-12-7-11(17)10(16)6-13(12)19-14(20)8-4-2-3-5-9(8)15(19)21/h6-7,18H,2-5H2,1H3. The second kappa shape index (κ2) is 5.86. The summed E-state index contributed by atoms with van der Waals surface area (Å²) in [6.07, 6.45) is 3.51. The van der Waals surface area contributed by atoms with Gasteiger partial charge in [0.05, 0.1) is 22.7 Å². The third-order valence-electron chi connectivity index (χ3n) is 3.97. The van der Waals surface area contributed by atoms with Gasteiger partial charge in [-0.2, -0.15) is 0 Å². The van der Waals surface area contributed by atoms with Gasteiger partial charge in [0.15, 0.2) is 0 Å². The quantitative estimate of drug-likeness (QED) is 0.826. The second-order valence-corrected chi connectivity index (χ2v) is 7.92. The van der Waals surface area contributed by atoms with Crippen LogP contribution in [0.1, 0.15) is 25.7 Å². The number of anilines is 2. The molecule has 1 aromatic carbocycles. The predicted octanol–water partition coefficient (Wildman–Crippen LogP) is 2.59. The number of sulfonamides is 1. The smallest absolute Gasteiger partial charge is 0.261 e. The van der Waals surface area contributed by atoms with Crippen molar-refractivity contribution in [2.75, 3.05) is 15.9 Å². The lowest BCUT2D eigenvalue weighted by Crippen LogP contribution is -2.32. The van der Waals surface area contributed by atoms with Crippen molar-refractivity contribution in [3.05, 3.63) is 34.1 Å². The van der Waals surface area contributed by atoms with E-state index in [4.69, 9.17) is 11.6 Å². The number of imide groups is 1. The Balaban J connectivity index is 2.11. The van der Waals surface area contributed by atoms with Gasteiger partial charge in [-0.25, -0.2) is 17.7 Å². The lowest BCUT2D eigenvalue weighted by atomic mass is 9.93. The topological polar surface area (TPSA) is 83.6 Å². The molecule has 128 valence electrons. The first-order chi connectivity index (χ1) is 11.2. The zero-order chi connectivity index (χ0) is 17.6. The lowest BCUT2D eigenvalue weighted by Gasteiger charge is -2.20. The first-order valence-electron chi connectivity index (χ1n) is 7.26. The number of halogens is 2. The molecule has 0 aromatic heterocycles. The molecule has 0 saturated carbocycles. The van der Waals surface area contributed by atoms with E-state index in [2.05, 4.69) is 4.72 Å². The van der Waals surface area contributed by atoms with E-state index in [1.807, 2.05) is 0 Å². The van der Waals surface area contributed by atoms with E-state index in [0.717, 1.165) is 36.1 Å². The molecule has 0 unspecified atom stereocenters. The normalized spacial score (nSPS) is 18.2. The molecule has 1 N–H and O–H groups in total. The second-order valence-electron chi connectivity index (χ2n) is 5.77. The molecule has 3 rings (SSSR count). The average molecular weight is 373 g/mol. The molecule has 9 heteroatoms. The van der Waals surface area contributed by atoms with Crippen molar-refractivity contribution in [1.82, 2.24) is 0 Å². The van der Waals surface area contributed by atoms with Crippen molar-refractivity contribution >= 4 is 44.8 Å². The molecule has 0 fully saturated rings. The minimum atomic E-state index is -3.74. The van der Waals surface area contributed by atoms with Crippen molar-refractivity contribution in [3.8, 4) is 0 Å². The summed E-state index contributed by atoms with van der Waals surface area (Å²) < 4.78 is 38.9. The van der Waals surface area contributed by atoms with E-state index in [1.165, 1.54) is 0 Å². The van der Waals surface area contributed by atoms with Crippen LogP contribution >= 0.6 is 11.6 Å². The Morgan fingerprint density at radius 2 is 1.67 bits per heavy atom. The number of carbonyl (C=O) groups excluding carboxylic acids is 2. The van der Waals surface area contributed by atoms with Crippen molar-refractivity contribution < 1.29 is 22.4 Å². The molecule has 24 heavy (non-hydrogen) atoms. The highest BCUT2D eigenvalue weighted by Crippen LogP contribution is 2.40. The molecule has 0 radical (unpaired) electrons. The molecule has 1 aliphatic carbocycles. The number of hydrogen-bond acceptors (Lipinski definition) is 4. The van der Waals surface area contributed by atoms with Crippen molar-refractivity contribution in [2.45, 2.75) is 25.7 Å². The molecule has 1 aliphatic heterocycles. The lowest BCUT2D eigenvalue weighted by molar-refractivity contribution is -0.120. The summed E-state index contributed by atoms with van der Waals surface area (Å²) in [5.74, 6) is -1.87. The number of benzene rings is 1. The summed E-state index contributed by atoms with van der Waals surface area (Å²) in [5.41, 5.74) is 0.603. The van der Waals surface area contributed by atoms with Gasteiger partial charge in [0.25, 0.3) is 11.8 Å². The zero-order valence-corrected chi connectivity index (χ0v) is 14.3. The predicted molar refractivity (Wildman–Crippen MR) is 87.9 cm³/mol. The van der Waals surface area contributed by atoms with Crippen LogP contribution in [0.15, 0.2) is 23.3 Å². The van der Waals surface area contributed by atoms with Crippen LogP contribution in [0, 0.1) is 5.82 Å². The van der Waals surface area contributed by atoms with Gasteiger partial charge in [-0.15, -0.1) is 0 Å². The highest BCUT2D eigenvalue weighted by atomic mass is 35.5. The highest BCUT2D eigenvalue weighted by Gasteiger charge is 2.41. The minimum absolute atomic E-state index is 0.0729. The third kappa shape index (κ3) is 2.91. The molecular formula is C15H14ClFN2O4S. The number of hydrogen-bond donors (Lipinski definition) is 1. The van der Waals surface area contributed by atoms with Gasteiger partial charge >= 0.3 is 0 Å². The Morgan fingerprint density at radius 3 is 2.17 bits per heavy atom. The van der Waals surface area contributed by atoms with Crippen LogP contribution in [0.4, 0.5) is 15.8 Å². The SMILES string of the molecule is CS(=O)(=O)Nc1cc(F)c(Cl)cc1N1C(=O)C2=C(CCCC2)C1=O. The molecule has 0 saturated heterocycles. The molecule has 0 bridgehead atoms. The van der Waals surface area contributed by atoms with Crippen LogP contribution in [-0.4, -0.2) is 26.5 Å². The first-order valence-corrected chi connectivity index (χ1v) is 9.53. The van der Waals surface area contributed by atoms with Crippen LogP contribution in [-0.2, 0) is 19.6 Å². The molecule has 2 amide bonds. The van der Waals surface area contributed by atoms with E-state index in [-0.39, 0.29) is 16.4 Å². The fourth-order valence-electron chi connectivity index (χ4n) is 2.96. The van der Waals surface area contributed by atoms with Gasteiger partial charge in [0, 0.05) is 17.2 Å². The Labute approximate surface area is 143 Å². The Morgan fingerprint density at radius 1 is 1.12 bits per heavy atom. The summed E-state index contributed by atoms with van der Waals surface area (Å²) in [7, 11) is -3.74. The number of nitrogens with one attached hydrogen (secondary N) is 1. The van der Waals surface area contributed by atoms with Crippen molar-refractivity contribution in [3.63, 3.8) is 0 Å². The van der Waals surface area contributed by atoms with E-state index < -0.39 is 27.7 Å². The molecule has 0 atom stereocenters. The van der Waals surface area contributed by atoms with Crippen LogP contribution < -0.4 is 9.62 Å². The molecular weight excluding hydrogens is 359 g/mol. The monoisotopic (exact) mass is 372 g/mol. The van der Waals surface area contributed by atoms with Crippen molar-refractivity contribution in [2.24, 2.45) is 0 Å². The van der Waals surface area contributed by atoms with Gasteiger partial charge in [-0.1, -0.05) is 11.6 Å².